The minimum absolute atomic E-state index is 0.184. The summed E-state index contributed by atoms with van der Waals surface area (Å²) >= 11 is 0. The predicted molar refractivity (Wildman–Crippen MR) is 66.9 cm³/mol. The van der Waals surface area contributed by atoms with Crippen LogP contribution in [-0.4, -0.2) is 18.6 Å². The van der Waals surface area contributed by atoms with Crippen LogP contribution in [0.25, 0.3) is 0 Å². The minimum Gasteiger partial charge on any atom is -0.493 e. The van der Waals surface area contributed by atoms with E-state index < -0.39 is 6.04 Å². The summed E-state index contributed by atoms with van der Waals surface area (Å²) in [5, 5.41) is 2.73. The Bertz CT molecular complexity index is 383. The van der Waals surface area contributed by atoms with Gasteiger partial charge in [0.1, 0.15) is 5.75 Å². The Morgan fingerprint density at radius 3 is 2.65 bits per heavy atom. The van der Waals surface area contributed by atoms with E-state index >= 15 is 0 Å². The third-order valence-corrected chi connectivity index (χ3v) is 2.72. The van der Waals surface area contributed by atoms with Gasteiger partial charge in [-0.15, -0.1) is 0 Å². The largest absolute Gasteiger partial charge is 0.493 e. The van der Waals surface area contributed by atoms with Crippen molar-refractivity contribution < 1.29 is 9.53 Å². The maximum Gasteiger partial charge on any atom is 0.240 e. The molecule has 0 saturated heterocycles. The molecule has 1 aliphatic rings. The smallest absolute Gasteiger partial charge is 0.240 e. The third-order valence-electron chi connectivity index (χ3n) is 2.72. The number of hydrogen-bond donors (Lipinski definition) is 2. The van der Waals surface area contributed by atoms with Crippen LogP contribution >= 0.6 is 0 Å². The molecule has 92 valence electrons. The van der Waals surface area contributed by atoms with Crippen molar-refractivity contribution >= 4 is 11.6 Å². The summed E-state index contributed by atoms with van der Waals surface area (Å²) in [5.74, 6) is 1.40. The number of benzene rings is 1. The van der Waals surface area contributed by atoms with E-state index in [0.717, 1.165) is 24.0 Å². The number of rotatable bonds is 5. The van der Waals surface area contributed by atoms with Gasteiger partial charge in [-0.2, -0.15) is 0 Å². The summed E-state index contributed by atoms with van der Waals surface area (Å²) in [5.41, 5.74) is 6.21. The second kappa shape index (κ2) is 5.19. The van der Waals surface area contributed by atoms with Crippen LogP contribution in [0.4, 0.5) is 5.69 Å². The molecule has 1 fully saturated rings. The molecule has 1 aromatic carbocycles. The van der Waals surface area contributed by atoms with E-state index in [1.54, 1.807) is 6.92 Å². The Hall–Kier alpha value is -1.55. The summed E-state index contributed by atoms with van der Waals surface area (Å²) in [6, 6.07) is 6.87. The zero-order valence-electron chi connectivity index (χ0n) is 9.98. The molecule has 0 heterocycles. The Morgan fingerprint density at radius 1 is 1.47 bits per heavy atom. The first kappa shape index (κ1) is 11.9. The van der Waals surface area contributed by atoms with Crippen LogP contribution in [0.15, 0.2) is 24.3 Å². The lowest BCUT2D eigenvalue weighted by Crippen LogP contribution is -2.32. The van der Waals surface area contributed by atoms with Gasteiger partial charge in [-0.25, -0.2) is 0 Å². The van der Waals surface area contributed by atoms with Crippen molar-refractivity contribution in [1.82, 2.24) is 0 Å². The molecule has 4 nitrogen and oxygen atoms in total. The van der Waals surface area contributed by atoms with Crippen molar-refractivity contribution in [2.45, 2.75) is 25.8 Å². The summed E-state index contributed by atoms with van der Waals surface area (Å²) in [6.45, 7) is 2.45. The van der Waals surface area contributed by atoms with Crippen molar-refractivity contribution in [2.75, 3.05) is 11.9 Å². The van der Waals surface area contributed by atoms with E-state index in [1.165, 1.54) is 12.8 Å². The van der Waals surface area contributed by atoms with Gasteiger partial charge < -0.3 is 15.8 Å². The maximum atomic E-state index is 11.4. The third kappa shape index (κ3) is 3.75. The zero-order valence-corrected chi connectivity index (χ0v) is 9.98. The first-order chi connectivity index (χ1) is 8.15. The standard InChI is InChI=1S/C13H18N2O2/c1-9(14)13(16)15-11-4-6-12(7-5-11)17-8-10-2-3-10/h4-7,9-10H,2-3,8,14H2,1H3,(H,15,16)/t9-/m1/s1. The highest BCUT2D eigenvalue weighted by Crippen LogP contribution is 2.29. The van der Waals surface area contributed by atoms with Gasteiger partial charge in [0.2, 0.25) is 5.91 Å². The van der Waals surface area contributed by atoms with Crippen molar-refractivity contribution in [1.29, 1.82) is 0 Å². The molecule has 17 heavy (non-hydrogen) atoms. The lowest BCUT2D eigenvalue weighted by molar-refractivity contribution is -0.117. The molecular formula is C13H18N2O2. The van der Waals surface area contributed by atoms with Crippen LogP contribution in [0.1, 0.15) is 19.8 Å². The number of hydrogen-bond acceptors (Lipinski definition) is 3. The zero-order chi connectivity index (χ0) is 12.3. The summed E-state index contributed by atoms with van der Waals surface area (Å²) in [4.78, 5) is 11.4. The van der Waals surface area contributed by atoms with E-state index in [1.807, 2.05) is 24.3 Å². The highest BCUT2D eigenvalue weighted by molar-refractivity contribution is 5.94. The van der Waals surface area contributed by atoms with Crippen molar-refractivity contribution in [3.8, 4) is 5.75 Å². The van der Waals surface area contributed by atoms with Gasteiger partial charge in [0.15, 0.2) is 0 Å². The average molecular weight is 234 g/mol. The molecule has 1 amide bonds. The number of nitrogens with one attached hydrogen (secondary N) is 1. The van der Waals surface area contributed by atoms with Crippen LogP contribution in [-0.2, 0) is 4.79 Å². The number of carbonyl (C=O) groups excluding carboxylic acids is 1. The molecule has 2 rings (SSSR count). The molecule has 0 spiro atoms. The van der Waals surface area contributed by atoms with Gasteiger partial charge in [0.05, 0.1) is 12.6 Å². The highest BCUT2D eigenvalue weighted by Gasteiger charge is 2.21. The number of carbonyl (C=O) groups is 1. The number of ether oxygens (including phenoxy) is 1. The molecular weight excluding hydrogens is 216 g/mol. The summed E-state index contributed by atoms with van der Waals surface area (Å²) in [7, 11) is 0. The molecule has 1 aromatic rings. The molecule has 1 aliphatic carbocycles. The normalized spacial score (nSPS) is 16.4. The second-order valence-electron chi connectivity index (χ2n) is 4.56. The van der Waals surface area contributed by atoms with Gasteiger partial charge in [0, 0.05) is 5.69 Å². The van der Waals surface area contributed by atoms with Crippen LogP contribution in [0, 0.1) is 5.92 Å². The molecule has 0 radical (unpaired) electrons. The molecule has 3 N–H and O–H groups in total. The van der Waals surface area contributed by atoms with E-state index in [0.29, 0.717) is 0 Å². The van der Waals surface area contributed by atoms with E-state index in [4.69, 9.17) is 10.5 Å². The Labute approximate surface area is 101 Å². The fourth-order valence-electron chi connectivity index (χ4n) is 1.39. The molecule has 4 heteroatoms. The molecule has 0 unspecified atom stereocenters. The van der Waals surface area contributed by atoms with Crippen LogP contribution in [0.2, 0.25) is 0 Å². The van der Waals surface area contributed by atoms with Crippen molar-refractivity contribution in [3.63, 3.8) is 0 Å². The second-order valence-corrected chi connectivity index (χ2v) is 4.56. The number of amides is 1. The first-order valence-electron chi connectivity index (χ1n) is 5.94. The number of anilines is 1. The van der Waals surface area contributed by atoms with Gasteiger partial charge in [-0.3, -0.25) is 4.79 Å². The predicted octanol–water partition coefficient (Wildman–Crippen LogP) is 1.76. The molecule has 0 aliphatic heterocycles. The Morgan fingerprint density at radius 2 is 2.12 bits per heavy atom. The lowest BCUT2D eigenvalue weighted by atomic mass is 10.2. The van der Waals surface area contributed by atoms with Crippen LogP contribution < -0.4 is 15.8 Å². The fraction of sp³-hybridized carbons (Fsp3) is 0.462. The summed E-state index contributed by atoms with van der Waals surface area (Å²) < 4.78 is 5.60. The monoisotopic (exact) mass is 234 g/mol. The van der Waals surface area contributed by atoms with Gasteiger partial charge in [-0.05, 0) is 49.9 Å². The molecule has 0 bridgehead atoms. The summed E-state index contributed by atoms with van der Waals surface area (Å²) in [6.07, 6.45) is 2.56. The minimum atomic E-state index is -0.499. The lowest BCUT2D eigenvalue weighted by Gasteiger charge is -2.09. The number of nitrogens with two attached hydrogens (primary N) is 1. The highest BCUT2D eigenvalue weighted by atomic mass is 16.5. The SMILES string of the molecule is C[C@@H](N)C(=O)Nc1ccc(OCC2CC2)cc1. The first-order valence-corrected chi connectivity index (χ1v) is 5.94. The molecule has 1 saturated carbocycles. The Kier molecular flexibility index (Phi) is 3.64. The molecule has 1 atom stereocenters. The fourth-order valence-corrected chi connectivity index (χ4v) is 1.39. The maximum absolute atomic E-state index is 11.4. The van der Waals surface area contributed by atoms with Crippen molar-refractivity contribution in [2.24, 2.45) is 11.7 Å². The quantitative estimate of drug-likeness (QED) is 0.816. The van der Waals surface area contributed by atoms with Crippen LogP contribution in [0.5, 0.6) is 5.75 Å². The van der Waals surface area contributed by atoms with E-state index in [9.17, 15) is 4.79 Å². The van der Waals surface area contributed by atoms with E-state index in [-0.39, 0.29) is 5.91 Å². The van der Waals surface area contributed by atoms with Gasteiger partial charge in [0.25, 0.3) is 0 Å². The van der Waals surface area contributed by atoms with Gasteiger partial charge >= 0.3 is 0 Å². The van der Waals surface area contributed by atoms with Gasteiger partial charge in [-0.1, -0.05) is 0 Å². The topological polar surface area (TPSA) is 64.4 Å². The van der Waals surface area contributed by atoms with Crippen LogP contribution in [0.3, 0.4) is 0 Å². The molecule has 0 aromatic heterocycles. The Balaban J connectivity index is 1.85. The van der Waals surface area contributed by atoms with E-state index in [2.05, 4.69) is 5.32 Å². The average Bonchev–Trinajstić information content (AvgIpc) is 3.12. The van der Waals surface area contributed by atoms with Crippen molar-refractivity contribution in [3.05, 3.63) is 24.3 Å².